The highest BCUT2D eigenvalue weighted by Gasteiger charge is 2.29. The summed E-state index contributed by atoms with van der Waals surface area (Å²) in [6.45, 7) is 7.69. The van der Waals surface area contributed by atoms with Crippen molar-refractivity contribution in [3.05, 3.63) is 29.1 Å². The molecule has 0 aliphatic heterocycles. The quantitative estimate of drug-likeness (QED) is 0.536. The monoisotopic (exact) mass is 468 g/mol. The molecule has 1 aromatic carbocycles. The largest absolute Gasteiger partial charge is 0.493 e. The number of carbonyl (C=O) groups excluding carboxylic acids is 1. The maximum absolute atomic E-state index is 13.0. The van der Waals surface area contributed by atoms with Crippen molar-refractivity contribution in [2.75, 3.05) is 34.4 Å². The van der Waals surface area contributed by atoms with Crippen LogP contribution in [0, 0.1) is 13.8 Å². The van der Waals surface area contributed by atoms with E-state index < -0.39 is 10.0 Å². The molecule has 0 saturated heterocycles. The first-order valence-electron chi connectivity index (χ1n) is 10.2. The number of ether oxygens (including phenoxy) is 3. The number of amides is 1. The Balaban J connectivity index is 2.18. The summed E-state index contributed by atoms with van der Waals surface area (Å²) >= 11 is 0. The van der Waals surface area contributed by atoms with E-state index in [0.717, 1.165) is 5.56 Å². The van der Waals surface area contributed by atoms with E-state index in [1.807, 2.05) is 0 Å². The molecule has 11 heteroatoms. The molecule has 178 valence electrons. The third-order valence-electron chi connectivity index (χ3n) is 5.13. The molecule has 2 aromatic rings. The smallest absolute Gasteiger partial charge is 0.246 e. The van der Waals surface area contributed by atoms with Gasteiger partial charge < -0.3 is 19.5 Å². The Morgan fingerprint density at radius 3 is 2.09 bits per heavy atom. The Morgan fingerprint density at radius 1 is 1.06 bits per heavy atom. The van der Waals surface area contributed by atoms with Crippen LogP contribution < -0.4 is 19.5 Å². The van der Waals surface area contributed by atoms with E-state index in [1.54, 1.807) is 39.8 Å². The molecule has 32 heavy (non-hydrogen) atoms. The van der Waals surface area contributed by atoms with Crippen LogP contribution in [0.1, 0.15) is 30.8 Å². The molecule has 0 aliphatic rings. The number of methoxy groups -OCH3 is 3. The number of hydrogen-bond donors (Lipinski definition) is 1. The lowest BCUT2D eigenvalue weighted by molar-refractivity contribution is -0.122. The predicted octanol–water partition coefficient (Wildman–Crippen LogP) is 1.87. The fourth-order valence-corrected chi connectivity index (χ4v) is 5.36. The lowest BCUT2D eigenvalue weighted by Gasteiger charge is -2.18. The van der Waals surface area contributed by atoms with Crippen molar-refractivity contribution in [3.8, 4) is 17.2 Å². The SMILES string of the molecule is CCN(CC)S(=O)(=O)c1c(C)nn(CC(=O)NCc2cc(OC)c(OC)c(OC)c2)c1C. The third kappa shape index (κ3) is 5.16. The van der Waals surface area contributed by atoms with E-state index in [-0.39, 0.29) is 23.9 Å². The van der Waals surface area contributed by atoms with Crippen LogP contribution in [0.5, 0.6) is 17.2 Å². The molecule has 0 unspecified atom stereocenters. The van der Waals surface area contributed by atoms with Crippen molar-refractivity contribution < 1.29 is 27.4 Å². The molecule has 0 aliphatic carbocycles. The molecule has 0 radical (unpaired) electrons. The molecule has 1 heterocycles. The van der Waals surface area contributed by atoms with Gasteiger partial charge in [0.2, 0.25) is 21.7 Å². The van der Waals surface area contributed by atoms with Crippen molar-refractivity contribution in [3.63, 3.8) is 0 Å². The number of nitrogens with zero attached hydrogens (tertiary/aromatic N) is 3. The number of aromatic nitrogens is 2. The zero-order valence-corrected chi connectivity index (χ0v) is 20.5. The highest BCUT2D eigenvalue weighted by Crippen LogP contribution is 2.38. The number of benzene rings is 1. The minimum atomic E-state index is -3.68. The molecular formula is C21H32N4O6S. The van der Waals surface area contributed by atoms with E-state index in [1.165, 1.54) is 30.3 Å². The van der Waals surface area contributed by atoms with Crippen LogP contribution in [0.2, 0.25) is 0 Å². The molecule has 0 bridgehead atoms. The van der Waals surface area contributed by atoms with Gasteiger partial charge in [-0.05, 0) is 31.5 Å². The van der Waals surface area contributed by atoms with E-state index in [9.17, 15) is 13.2 Å². The van der Waals surface area contributed by atoms with E-state index in [0.29, 0.717) is 41.7 Å². The summed E-state index contributed by atoms with van der Waals surface area (Å²) < 4.78 is 44.7. The van der Waals surface area contributed by atoms with Gasteiger partial charge in [-0.1, -0.05) is 13.8 Å². The number of carbonyl (C=O) groups is 1. The molecule has 0 spiro atoms. The lowest BCUT2D eigenvalue weighted by Crippen LogP contribution is -2.31. The predicted molar refractivity (Wildman–Crippen MR) is 120 cm³/mol. The molecule has 2 rings (SSSR count). The standard InChI is InChI=1S/C21H32N4O6S/c1-8-24(9-2)32(27,28)21-14(3)23-25(15(21)4)13-19(26)22-12-16-10-17(29-5)20(31-7)18(11-16)30-6/h10-11H,8-9,12-13H2,1-7H3,(H,22,26). The molecule has 0 fully saturated rings. The molecule has 1 amide bonds. The van der Waals surface area contributed by atoms with Crippen molar-refractivity contribution >= 4 is 15.9 Å². The lowest BCUT2D eigenvalue weighted by atomic mass is 10.1. The number of sulfonamides is 1. The Morgan fingerprint density at radius 2 is 1.62 bits per heavy atom. The summed E-state index contributed by atoms with van der Waals surface area (Å²) in [6.07, 6.45) is 0. The summed E-state index contributed by atoms with van der Waals surface area (Å²) in [5, 5.41) is 7.11. The van der Waals surface area contributed by atoms with Crippen molar-refractivity contribution in [2.45, 2.75) is 45.7 Å². The second-order valence-electron chi connectivity index (χ2n) is 7.06. The van der Waals surface area contributed by atoms with E-state index in [4.69, 9.17) is 14.2 Å². The highest BCUT2D eigenvalue weighted by molar-refractivity contribution is 7.89. The van der Waals surface area contributed by atoms with E-state index >= 15 is 0 Å². The van der Waals surface area contributed by atoms with Gasteiger partial charge in [0.15, 0.2) is 11.5 Å². The summed E-state index contributed by atoms with van der Waals surface area (Å²) in [4.78, 5) is 12.7. The molecule has 1 N–H and O–H groups in total. The summed E-state index contributed by atoms with van der Waals surface area (Å²) in [7, 11) is 0.883. The van der Waals surface area contributed by atoms with Crippen LogP contribution in [0.15, 0.2) is 17.0 Å². The van der Waals surface area contributed by atoms with Crippen molar-refractivity contribution in [2.24, 2.45) is 0 Å². The summed E-state index contributed by atoms with van der Waals surface area (Å²) in [5.74, 6) is 1.13. The maximum atomic E-state index is 13.0. The normalized spacial score (nSPS) is 11.5. The Bertz CT molecular complexity index is 1040. The minimum Gasteiger partial charge on any atom is -0.493 e. The van der Waals surface area contributed by atoms with Crippen LogP contribution >= 0.6 is 0 Å². The van der Waals surface area contributed by atoms with Crippen LogP contribution in [0.4, 0.5) is 0 Å². The Kier molecular flexibility index (Phi) is 8.51. The van der Waals surface area contributed by atoms with Gasteiger partial charge in [0, 0.05) is 19.6 Å². The van der Waals surface area contributed by atoms with Crippen LogP contribution in [0.25, 0.3) is 0 Å². The van der Waals surface area contributed by atoms with Crippen molar-refractivity contribution in [1.29, 1.82) is 0 Å². The van der Waals surface area contributed by atoms with Crippen LogP contribution in [0.3, 0.4) is 0 Å². The van der Waals surface area contributed by atoms with Gasteiger partial charge in [-0.2, -0.15) is 9.40 Å². The van der Waals surface area contributed by atoms with Gasteiger partial charge in [-0.15, -0.1) is 0 Å². The average Bonchev–Trinajstić information content (AvgIpc) is 3.05. The number of hydrogen-bond acceptors (Lipinski definition) is 7. The highest BCUT2D eigenvalue weighted by atomic mass is 32.2. The number of aryl methyl sites for hydroxylation is 1. The molecule has 1 aromatic heterocycles. The molecular weight excluding hydrogens is 436 g/mol. The zero-order valence-electron chi connectivity index (χ0n) is 19.7. The topological polar surface area (TPSA) is 112 Å². The average molecular weight is 469 g/mol. The minimum absolute atomic E-state index is 0.106. The zero-order chi connectivity index (χ0) is 24.1. The number of nitrogens with one attached hydrogen (secondary N) is 1. The van der Waals surface area contributed by atoms with Gasteiger partial charge in [-0.3, -0.25) is 9.48 Å². The Hall–Kier alpha value is -2.79. The first-order valence-corrected chi connectivity index (χ1v) is 11.7. The van der Waals surface area contributed by atoms with Crippen LogP contribution in [-0.2, 0) is 27.9 Å². The molecule has 0 atom stereocenters. The molecule has 0 saturated carbocycles. The maximum Gasteiger partial charge on any atom is 0.246 e. The van der Waals surface area contributed by atoms with Gasteiger partial charge in [0.05, 0.1) is 32.7 Å². The second kappa shape index (κ2) is 10.7. The van der Waals surface area contributed by atoms with Gasteiger partial charge in [0.25, 0.3) is 0 Å². The number of rotatable bonds is 11. The summed E-state index contributed by atoms with van der Waals surface area (Å²) in [5.41, 5.74) is 1.55. The Labute approximate surface area is 189 Å². The van der Waals surface area contributed by atoms with Crippen molar-refractivity contribution in [1.82, 2.24) is 19.4 Å². The van der Waals surface area contributed by atoms with Crippen LogP contribution in [-0.4, -0.2) is 62.8 Å². The second-order valence-corrected chi connectivity index (χ2v) is 8.93. The third-order valence-corrected chi connectivity index (χ3v) is 7.43. The van der Waals surface area contributed by atoms with Gasteiger partial charge >= 0.3 is 0 Å². The van der Waals surface area contributed by atoms with E-state index in [2.05, 4.69) is 10.4 Å². The molecule has 10 nitrogen and oxygen atoms in total. The fourth-order valence-electron chi connectivity index (χ4n) is 3.53. The first kappa shape index (κ1) is 25.5. The van der Waals surface area contributed by atoms with Gasteiger partial charge in [-0.25, -0.2) is 8.42 Å². The van der Waals surface area contributed by atoms with Gasteiger partial charge in [0.1, 0.15) is 11.4 Å². The summed E-state index contributed by atoms with van der Waals surface area (Å²) in [6, 6.07) is 3.50. The fraction of sp³-hybridized carbons (Fsp3) is 0.524. The first-order chi connectivity index (χ1) is 15.1.